The molecule has 0 spiro atoms. The number of unbranched alkanes of at least 4 members (excludes halogenated alkanes) is 1. The van der Waals surface area contributed by atoms with Crippen molar-refractivity contribution in [3.05, 3.63) is 41.7 Å². The fourth-order valence-corrected chi connectivity index (χ4v) is 3.82. The molecule has 2 rings (SSSR count). The van der Waals surface area contributed by atoms with Crippen molar-refractivity contribution < 1.29 is 0 Å². The lowest BCUT2D eigenvalue weighted by Gasteiger charge is -2.23. The van der Waals surface area contributed by atoms with Gasteiger partial charge in [0.1, 0.15) is 0 Å². The molecule has 5 heteroatoms. The molecule has 0 fully saturated rings. The summed E-state index contributed by atoms with van der Waals surface area (Å²) in [5.41, 5.74) is 1.38. The van der Waals surface area contributed by atoms with E-state index in [1.54, 1.807) is 0 Å². The molecule has 132 valence electrons. The summed E-state index contributed by atoms with van der Waals surface area (Å²) >= 11 is 1.82. The quantitative estimate of drug-likeness (QED) is 0.596. The van der Waals surface area contributed by atoms with Crippen molar-refractivity contribution in [1.29, 1.82) is 0 Å². The first-order valence-electron chi connectivity index (χ1n) is 8.93. The Morgan fingerprint density at radius 3 is 2.50 bits per heavy atom. The first-order chi connectivity index (χ1) is 11.7. The summed E-state index contributed by atoms with van der Waals surface area (Å²) < 4.78 is 2.34. The fourth-order valence-electron chi connectivity index (χ4n) is 2.86. The highest BCUT2D eigenvalue weighted by molar-refractivity contribution is 7.99. The summed E-state index contributed by atoms with van der Waals surface area (Å²) in [6.07, 6.45) is 4.46. The molecular formula is C19H30N4S. The molecule has 1 heterocycles. The van der Waals surface area contributed by atoms with E-state index in [9.17, 15) is 0 Å². The van der Waals surface area contributed by atoms with Crippen molar-refractivity contribution in [2.45, 2.75) is 57.3 Å². The van der Waals surface area contributed by atoms with Crippen LogP contribution in [0.2, 0.25) is 0 Å². The molecule has 0 aliphatic rings. The Bertz CT molecular complexity index is 595. The molecule has 0 amide bonds. The maximum Gasteiger partial charge on any atom is 0.191 e. The Kier molecular flexibility index (Phi) is 7.79. The van der Waals surface area contributed by atoms with Gasteiger partial charge in [0.15, 0.2) is 11.0 Å². The molecule has 0 saturated heterocycles. The Hall–Kier alpha value is -1.33. The summed E-state index contributed by atoms with van der Waals surface area (Å²) in [6.45, 7) is 5.46. The summed E-state index contributed by atoms with van der Waals surface area (Å²) in [4.78, 5) is 2.24. The van der Waals surface area contributed by atoms with Crippen LogP contribution in [0.15, 0.2) is 35.5 Å². The van der Waals surface area contributed by atoms with E-state index in [1.807, 2.05) is 11.8 Å². The number of nitrogens with zero attached hydrogens (tertiary/aromatic N) is 4. The average molecular weight is 347 g/mol. The molecule has 0 aliphatic carbocycles. The number of aromatic nitrogens is 3. The van der Waals surface area contributed by atoms with Crippen molar-refractivity contribution in [2.75, 3.05) is 19.8 Å². The molecule has 1 aromatic heterocycles. The third kappa shape index (κ3) is 5.08. The Morgan fingerprint density at radius 1 is 1.12 bits per heavy atom. The van der Waals surface area contributed by atoms with Gasteiger partial charge >= 0.3 is 0 Å². The zero-order valence-electron chi connectivity index (χ0n) is 15.4. The highest BCUT2D eigenvalue weighted by Crippen LogP contribution is 2.26. The van der Waals surface area contributed by atoms with Gasteiger partial charge in [-0.15, -0.1) is 10.2 Å². The lowest BCUT2D eigenvalue weighted by atomic mass is 10.2. The average Bonchev–Trinajstić information content (AvgIpc) is 2.97. The predicted molar refractivity (Wildman–Crippen MR) is 103 cm³/mol. The topological polar surface area (TPSA) is 34.0 Å². The Balaban J connectivity index is 2.09. The van der Waals surface area contributed by atoms with Gasteiger partial charge in [0.2, 0.25) is 0 Å². The van der Waals surface area contributed by atoms with E-state index in [1.165, 1.54) is 18.4 Å². The van der Waals surface area contributed by atoms with Gasteiger partial charge in [0.05, 0.1) is 6.04 Å². The van der Waals surface area contributed by atoms with Crippen molar-refractivity contribution in [3.8, 4) is 0 Å². The van der Waals surface area contributed by atoms with E-state index in [0.717, 1.165) is 36.1 Å². The van der Waals surface area contributed by atoms with Gasteiger partial charge in [-0.1, -0.05) is 62.4 Å². The molecule has 1 aromatic carbocycles. The second-order valence-corrected chi connectivity index (χ2v) is 7.38. The van der Waals surface area contributed by atoms with E-state index >= 15 is 0 Å². The molecular weight excluding hydrogens is 316 g/mol. The van der Waals surface area contributed by atoms with E-state index in [0.29, 0.717) is 6.04 Å². The van der Waals surface area contributed by atoms with Crippen LogP contribution in [0.5, 0.6) is 0 Å². The van der Waals surface area contributed by atoms with Crippen molar-refractivity contribution in [3.63, 3.8) is 0 Å². The van der Waals surface area contributed by atoms with E-state index in [-0.39, 0.29) is 0 Å². The lowest BCUT2D eigenvalue weighted by Crippen LogP contribution is -2.23. The molecule has 0 radical (unpaired) electrons. The van der Waals surface area contributed by atoms with Crippen LogP contribution in [0.1, 0.15) is 50.5 Å². The van der Waals surface area contributed by atoms with Crippen LogP contribution in [-0.4, -0.2) is 39.5 Å². The summed E-state index contributed by atoms with van der Waals surface area (Å²) in [5, 5.41) is 10.1. The number of aryl methyl sites for hydroxylation is 1. The summed E-state index contributed by atoms with van der Waals surface area (Å²) in [7, 11) is 4.24. The van der Waals surface area contributed by atoms with Gasteiger partial charge in [-0.3, -0.25) is 4.90 Å². The lowest BCUT2D eigenvalue weighted by molar-refractivity contribution is 0.270. The molecule has 24 heavy (non-hydrogen) atoms. The maximum absolute atomic E-state index is 4.54. The van der Waals surface area contributed by atoms with Crippen molar-refractivity contribution in [1.82, 2.24) is 19.7 Å². The normalized spacial score (nSPS) is 12.7. The fraction of sp³-hybridized carbons (Fsp3) is 0.579. The summed E-state index contributed by atoms with van der Waals surface area (Å²) in [5.74, 6) is 2.14. The van der Waals surface area contributed by atoms with Gasteiger partial charge in [0, 0.05) is 12.3 Å². The number of rotatable bonds is 10. The van der Waals surface area contributed by atoms with Crippen LogP contribution < -0.4 is 0 Å². The number of hydrogen-bond acceptors (Lipinski definition) is 4. The Labute approximate surface area is 150 Å². The second kappa shape index (κ2) is 9.84. The molecule has 4 nitrogen and oxygen atoms in total. The van der Waals surface area contributed by atoms with Crippen LogP contribution in [0.3, 0.4) is 0 Å². The molecule has 0 saturated carbocycles. The Morgan fingerprint density at radius 2 is 1.88 bits per heavy atom. The molecule has 1 unspecified atom stereocenters. The van der Waals surface area contributed by atoms with Gasteiger partial charge in [-0.05, 0) is 38.9 Å². The van der Waals surface area contributed by atoms with Gasteiger partial charge in [0.25, 0.3) is 0 Å². The summed E-state index contributed by atoms with van der Waals surface area (Å²) in [6, 6.07) is 11.0. The van der Waals surface area contributed by atoms with Crippen LogP contribution >= 0.6 is 11.8 Å². The predicted octanol–water partition coefficient (Wildman–Crippen LogP) is 4.43. The SMILES string of the molecule is CCCCn1c(SCCc2ccccc2)nnc1C(CC)N(C)C. The van der Waals surface area contributed by atoms with E-state index in [4.69, 9.17) is 0 Å². The smallest absolute Gasteiger partial charge is 0.191 e. The molecule has 0 bridgehead atoms. The van der Waals surface area contributed by atoms with Gasteiger partial charge < -0.3 is 4.57 Å². The third-order valence-electron chi connectivity index (χ3n) is 4.25. The minimum atomic E-state index is 0.331. The molecule has 2 aromatic rings. The van der Waals surface area contributed by atoms with Crippen molar-refractivity contribution in [2.24, 2.45) is 0 Å². The first-order valence-corrected chi connectivity index (χ1v) is 9.92. The van der Waals surface area contributed by atoms with Gasteiger partial charge in [-0.25, -0.2) is 0 Å². The van der Waals surface area contributed by atoms with Crippen LogP contribution in [0.25, 0.3) is 0 Å². The largest absolute Gasteiger partial charge is 0.305 e. The zero-order chi connectivity index (χ0) is 17.4. The van der Waals surface area contributed by atoms with Crippen molar-refractivity contribution >= 4 is 11.8 Å². The third-order valence-corrected chi connectivity index (χ3v) is 5.22. The van der Waals surface area contributed by atoms with E-state index in [2.05, 4.69) is 77.9 Å². The number of hydrogen-bond donors (Lipinski definition) is 0. The number of thioether (sulfide) groups is 1. The minimum Gasteiger partial charge on any atom is -0.305 e. The molecule has 0 N–H and O–H groups in total. The maximum atomic E-state index is 4.54. The highest BCUT2D eigenvalue weighted by atomic mass is 32.2. The number of benzene rings is 1. The van der Waals surface area contributed by atoms with Crippen LogP contribution in [-0.2, 0) is 13.0 Å². The van der Waals surface area contributed by atoms with Crippen LogP contribution in [0.4, 0.5) is 0 Å². The first kappa shape index (κ1) is 19.0. The monoisotopic (exact) mass is 346 g/mol. The minimum absolute atomic E-state index is 0.331. The van der Waals surface area contributed by atoms with Crippen LogP contribution in [0, 0.1) is 0 Å². The highest BCUT2D eigenvalue weighted by Gasteiger charge is 2.21. The standard InChI is InChI=1S/C19H30N4S/c1-5-7-14-23-18(17(6-2)22(3)4)20-21-19(23)24-15-13-16-11-9-8-10-12-16/h8-12,17H,5-7,13-15H2,1-4H3. The molecule has 1 atom stereocenters. The van der Waals surface area contributed by atoms with Gasteiger partial charge in [-0.2, -0.15) is 0 Å². The zero-order valence-corrected chi connectivity index (χ0v) is 16.2. The van der Waals surface area contributed by atoms with E-state index < -0.39 is 0 Å². The second-order valence-electron chi connectivity index (χ2n) is 6.32. The molecule has 0 aliphatic heterocycles.